The molecule has 5 rings (SSSR count). The topological polar surface area (TPSA) is 142 Å². The molecule has 4 aromatic rings. The molecule has 0 saturated carbocycles. The standard InChI is InChI=1S/C42H48O12/c1-21(2)17-47-39(43)51-35-27-15-11-13-25(9)29(27)37(53-41(45)49-19-23(5)6)33-31(35)32-34(33)38(54-42(46)50-20-24(7)8)30-26(10)14-12-16-28(30)36(32)52-40(44)48-18-22(3)4/h11-16,21-24H,17-20H2,1-10H3. The van der Waals surface area contributed by atoms with E-state index in [0.717, 1.165) is 0 Å². The Bertz CT molecular complexity index is 2150. The number of rotatable bonds is 12. The van der Waals surface area contributed by atoms with Crippen LogP contribution in [0.15, 0.2) is 36.4 Å². The van der Waals surface area contributed by atoms with Gasteiger partial charge in [-0.3, -0.25) is 0 Å². The summed E-state index contributed by atoms with van der Waals surface area (Å²) in [5.41, 5.74) is 1.33. The van der Waals surface area contributed by atoms with Crippen LogP contribution in [-0.4, -0.2) is 51.0 Å². The maximum absolute atomic E-state index is 13.4. The van der Waals surface area contributed by atoms with Crippen molar-refractivity contribution in [2.24, 2.45) is 23.7 Å². The van der Waals surface area contributed by atoms with E-state index in [1.807, 2.05) is 81.4 Å². The zero-order chi connectivity index (χ0) is 39.4. The highest BCUT2D eigenvalue weighted by Gasteiger charge is 2.32. The van der Waals surface area contributed by atoms with Crippen LogP contribution >= 0.6 is 0 Å². The molecule has 0 N–H and O–H groups in total. The van der Waals surface area contributed by atoms with Crippen LogP contribution in [0.25, 0.3) is 21.5 Å². The lowest BCUT2D eigenvalue weighted by atomic mass is 9.89. The molecular weight excluding hydrogens is 696 g/mol. The highest BCUT2D eigenvalue weighted by molar-refractivity contribution is 6.02. The average molecular weight is 745 g/mol. The molecule has 0 aromatic heterocycles. The Hall–Kier alpha value is -5.52. The quantitative estimate of drug-likeness (QED) is 0.0681. The molecule has 54 heavy (non-hydrogen) atoms. The molecule has 0 spiro atoms. The Morgan fingerprint density at radius 3 is 0.963 bits per heavy atom. The lowest BCUT2D eigenvalue weighted by molar-refractivity contribution is 0.0857. The van der Waals surface area contributed by atoms with Crippen LogP contribution in [0.4, 0.5) is 19.2 Å². The first-order valence-corrected chi connectivity index (χ1v) is 18.2. The monoisotopic (exact) mass is 744 g/mol. The lowest BCUT2D eigenvalue weighted by Crippen LogP contribution is -2.19. The van der Waals surface area contributed by atoms with Crippen molar-refractivity contribution in [1.82, 2.24) is 0 Å². The van der Waals surface area contributed by atoms with Crippen molar-refractivity contribution in [1.29, 1.82) is 0 Å². The summed E-state index contributed by atoms with van der Waals surface area (Å²) in [6.45, 7) is 19.1. The number of carbonyl (C=O) groups is 4. The third-order valence-electron chi connectivity index (χ3n) is 8.28. The summed E-state index contributed by atoms with van der Waals surface area (Å²) in [4.78, 5) is 53.4. The summed E-state index contributed by atoms with van der Waals surface area (Å²) in [6.07, 6.45) is -3.90. The molecule has 1 aliphatic carbocycles. The van der Waals surface area contributed by atoms with E-state index in [1.165, 1.54) is 0 Å². The summed E-state index contributed by atoms with van der Waals surface area (Å²) < 4.78 is 45.9. The molecule has 0 heterocycles. The Labute approximate surface area is 313 Å². The van der Waals surface area contributed by atoms with Crippen LogP contribution in [0, 0.1) is 58.4 Å². The van der Waals surface area contributed by atoms with Gasteiger partial charge in [-0.2, -0.15) is 0 Å². The van der Waals surface area contributed by atoms with E-state index >= 15 is 0 Å². The van der Waals surface area contributed by atoms with E-state index < -0.39 is 24.6 Å². The second-order valence-electron chi connectivity index (χ2n) is 15.0. The van der Waals surface area contributed by atoms with Gasteiger partial charge in [0.1, 0.15) is 0 Å². The summed E-state index contributed by atoms with van der Waals surface area (Å²) in [5, 5.41) is 2.61. The van der Waals surface area contributed by atoms with Crippen molar-refractivity contribution in [3.8, 4) is 23.0 Å². The van der Waals surface area contributed by atoms with E-state index in [9.17, 15) is 19.2 Å². The first-order chi connectivity index (χ1) is 25.6. The van der Waals surface area contributed by atoms with E-state index in [2.05, 4.69) is 0 Å². The third-order valence-corrected chi connectivity index (χ3v) is 8.28. The fraction of sp³-hybridized carbons (Fsp3) is 0.429. The molecule has 288 valence electrons. The molecule has 4 aromatic carbocycles. The first-order valence-electron chi connectivity index (χ1n) is 18.2. The molecule has 0 fully saturated rings. The molecule has 0 aliphatic heterocycles. The van der Waals surface area contributed by atoms with Gasteiger partial charge < -0.3 is 37.9 Å². The lowest BCUT2D eigenvalue weighted by Gasteiger charge is -2.23. The number of fused-ring (bicyclic) bond motifs is 4. The van der Waals surface area contributed by atoms with Gasteiger partial charge in [-0.1, -0.05) is 91.8 Å². The number of ether oxygens (including phenoxy) is 8. The summed E-state index contributed by atoms with van der Waals surface area (Å²) in [5.74, 6) is 0.307. The van der Waals surface area contributed by atoms with Gasteiger partial charge in [0.05, 0.1) is 26.4 Å². The summed E-state index contributed by atoms with van der Waals surface area (Å²) in [6, 6.07) is 10.6. The SMILES string of the molecule is Cc1cccc2c(OC(=O)OCC(C)C)c3c(c(OC(=O)OCC(C)C)c12)=c1c(OC(=O)OCC(C)C)c2c(C)cccc2c(OC(=O)OCC(C)C)c1=3. The van der Waals surface area contributed by atoms with Gasteiger partial charge in [0, 0.05) is 42.4 Å². The summed E-state index contributed by atoms with van der Waals surface area (Å²) >= 11 is 0. The second kappa shape index (κ2) is 16.7. The second-order valence-corrected chi connectivity index (χ2v) is 15.0. The van der Waals surface area contributed by atoms with Gasteiger partial charge in [0.15, 0.2) is 23.0 Å². The molecule has 1 aliphatic rings. The van der Waals surface area contributed by atoms with Crippen LogP contribution in [-0.2, 0) is 18.9 Å². The Kier molecular flexibility index (Phi) is 12.2. The Morgan fingerprint density at radius 2 is 0.685 bits per heavy atom. The van der Waals surface area contributed by atoms with E-state index in [4.69, 9.17) is 37.9 Å². The van der Waals surface area contributed by atoms with Crippen molar-refractivity contribution in [3.63, 3.8) is 0 Å². The molecule has 0 saturated heterocycles. The van der Waals surface area contributed by atoms with Crippen molar-refractivity contribution in [3.05, 3.63) is 68.4 Å². The average Bonchev–Trinajstić information content (AvgIpc) is 3.08. The zero-order valence-corrected chi connectivity index (χ0v) is 32.5. The number of hydrogen-bond acceptors (Lipinski definition) is 12. The van der Waals surface area contributed by atoms with Gasteiger partial charge >= 0.3 is 24.6 Å². The maximum Gasteiger partial charge on any atom is 0.513 e. The highest BCUT2D eigenvalue weighted by Crippen LogP contribution is 2.48. The molecule has 0 atom stereocenters. The molecular formula is C42H48O12. The number of aryl methyl sites for hydroxylation is 2. The fourth-order valence-corrected chi connectivity index (χ4v) is 5.99. The zero-order valence-electron chi connectivity index (χ0n) is 32.5. The molecule has 12 nitrogen and oxygen atoms in total. The van der Waals surface area contributed by atoms with Gasteiger partial charge in [-0.15, -0.1) is 0 Å². The highest BCUT2D eigenvalue weighted by atomic mass is 16.7. The minimum atomic E-state index is -0.976. The molecule has 0 radical (unpaired) electrons. The van der Waals surface area contributed by atoms with Gasteiger partial charge in [0.25, 0.3) is 0 Å². The largest absolute Gasteiger partial charge is 0.513 e. The normalized spacial score (nSPS) is 11.7. The number of hydrogen-bond donors (Lipinski definition) is 0. The van der Waals surface area contributed by atoms with Crippen LogP contribution in [0.1, 0.15) is 66.5 Å². The fourth-order valence-electron chi connectivity index (χ4n) is 5.99. The van der Waals surface area contributed by atoms with Gasteiger partial charge in [-0.05, 0) is 48.6 Å². The summed E-state index contributed by atoms with van der Waals surface area (Å²) in [7, 11) is 0. The predicted molar refractivity (Wildman–Crippen MR) is 200 cm³/mol. The number of benzene rings is 4. The molecule has 0 unspecified atom stereocenters. The Morgan fingerprint density at radius 1 is 0.426 bits per heavy atom. The van der Waals surface area contributed by atoms with Gasteiger partial charge in [-0.25, -0.2) is 19.2 Å². The smallest absolute Gasteiger partial charge is 0.434 e. The van der Waals surface area contributed by atoms with E-state index in [0.29, 0.717) is 32.7 Å². The van der Waals surface area contributed by atoms with Crippen LogP contribution in [0.5, 0.6) is 23.0 Å². The van der Waals surface area contributed by atoms with E-state index in [-0.39, 0.29) is 94.0 Å². The maximum atomic E-state index is 13.4. The third kappa shape index (κ3) is 8.48. The number of carbonyl (C=O) groups excluding carboxylic acids is 4. The van der Waals surface area contributed by atoms with Crippen LogP contribution in [0.2, 0.25) is 0 Å². The van der Waals surface area contributed by atoms with Gasteiger partial charge in [0.2, 0.25) is 0 Å². The van der Waals surface area contributed by atoms with E-state index in [1.54, 1.807) is 24.3 Å². The molecule has 0 amide bonds. The van der Waals surface area contributed by atoms with Crippen LogP contribution in [0.3, 0.4) is 0 Å². The van der Waals surface area contributed by atoms with Crippen molar-refractivity contribution < 1.29 is 57.1 Å². The van der Waals surface area contributed by atoms with Crippen LogP contribution < -0.4 is 18.9 Å². The minimum absolute atomic E-state index is 0.0219. The predicted octanol–water partition coefficient (Wildman–Crippen LogP) is 10.2. The molecule has 0 bridgehead atoms. The minimum Gasteiger partial charge on any atom is -0.434 e. The van der Waals surface area contributed by atoms with Crippen molar-refractivity contribution in [2.75, 3.05) is 26.4 Å². The Balaban J connectivity index is 1.98. The van der Waals surface area contributed by atoms with Crippen molar-refractivity contribution in [2.45, 2.75) is 69.2 Å². The van der Waals surface area contributed by atoms with Crippen molar-refractivity contribution >= 4 is 46.2 Å². The molecule has 12 heteroatoms. The first kappa shape index (κ1) is 39.7.